The van der Waals surface area contributed by atoms with Gasteiger partial charge in [-0.25, -0.2) is 18.4 Å². The predicted molar refractivity (Wildman–Crippen MR) is 101 cm³/mol. The molecule has 28 heavy (non-hydrogen) atoms. The lowest BCUT2D eigenvalue weighted by Crippen LogP contribution is -2.43. The molecule has 1 aromatic rings. The number of benzene rings is 1. The summed E-state index contributed by atoms with van der Waals surface area (Å²) in [6, 6.07) is 1.69. The summed E-state index contributed by atoms with van der Waals surface area (Å²) in [5, 5.41) is 2.37. The fourth-order valence-electron chi connectivity index (χ4n) is 2.55. The number of halogens is 2. The molecule has 154 valence electrons. The summed E-state index contributed by atoms with van der Waals surface area (Å²) in [6.07, 6.45) is 7.89. The van der Waals surface area contributed by atoms with E-state index in [1.165, 1.54) is 0 Å². The van der Waals surface area contributed by atoms with Gasteiger partial charge in [-0.3, -0.25) is 0 Å². The zero-order chi connectivity index (χ0) is 20.9. The first-order chi connectivity index (χ1) is 13.3. The van der Waals surface area contributed by atoms with Crippen LogP contribution < -0.4 is 5.32 Å². The van der Waals surface area contributed by atoms with E-state index in [4.69, 9.17) is 15.9 Å². The number of carbonyl (C=O) groups excluding carboxylic acids is 2. The normalized spacial score (nSPS) is 11.6. The number of nitrogens with one attached hydrogen (secondary N) is 1. The zero-order valence-electron chi connectivity index (χ0n) is 16.3. The van der Waals surface area contributed by atoms with Crippen LogP contribution in [0.15, 0.2) is 18.2 Å². The Labute approximate surface area is 164 Å². The van der Waals surface area contributed by atoms with Gasteiger partial charge in [0.25, 0.3) is 0 Å². The first kappa shape index (κ1) is 23.4. The molecule has 1 rings (SSSR count). The van der Waals surface area contributed by atoms with Crippen LogP contribution in [0.4, 0.5) is 13.6 Å². The highest BCUT2D eigenvalue weighted by molar-refractivity contribution is 5.81. The molecule has 1 aromatic carbocycles. The fraction of sp³-hybridized carbons (Fsp3) is 0.524. The fourth-order valence-corrected chi connectivity index (χ4v) is 2.55. The Morgan fingerprint density at radius 2 is 1.79 bits per heavy atom. The molecule has 0 aliphatic rings. The van der Waals surface area contributed by atoms with Crippen molar-refractivity contribution >= 4 is 12.1 Å². The third kappa shape index (κ3) is 9.91. The lowest BCUT2D eigenvalue weighted by atomic mass is 10.1. The van der Waals surface area contributed by atoms with Gasteiger partial charge in [0, 0.05) is 12.5 Å². The van der Waals surface area contributed by atoms with Crippen molar-refractivity contribution in [3.05, 3.63) is 35.4 Å². The van der Waals surface area contributed by atoms with Crippen LogP contribution in [0, 0.1) is 29.9 Å². The van der Waals surface area contributed by atoms with Crippen LogP contribution in [0.3, 0.4) is 0 Å². The van der Waals surface area contributed by atoms with E-state index in [1.807, 2.05) is 0 Å². The first-order valence-electron chi connectivity index (χ1n) is 9.30. The number of amides is 1. The molecule has 0 saturated heterocycles. The molecule has 1 N–H and O–H groups in total. The van der Waals surface area contributed by atoms with E-state index in [-0.39, 0.29) is 25.2 Å². The standard InChI is InChI=1S/C21H27F2NO4/c1-4-9-27-20(25)19(13-16-11-17(22)14-18(23)12-16)24-21(26)28-10-7-5-6-8-15(2)3/h1,11-12,14-15,19H,5-10,13H2,2-3H3,(H,24,26)/t19-/m0/s1. The summed E-state index contributed by atoms with van der Waals surface area (Å²) in [5.74, 6) is 0.401. The average Bonchev–Trinajstić information content (AvgIpc) is 2.61. The van der Waals surface area contributed by atoms with Gasteiger partial charge < -0.3 is 14.8 Å². The van der Waals surface area contributed by atoms with Crippen LogP contribution in [-0.2, 0) is 20.7 Å². The molecule has 0 aliphatic carbocycles. The van der Waals surface area contributed by atoms with E-state index in [1.54, 1.807) is 0 Å². The average molecular weight is 395 g/mol. The minimum Gasteiger partial charge on any atom is -0.451 e. The van der Waals surface area contributed by atoms with Crippen molar-refractivity contribution in [1.82, 2.24) is 5.32 Å². The maximum Gasteiger partial charge on any atom is 0.407 e. The van der Waals surface area contributed by atoms with Gasteiger partial charge in [-0.15, -0.1) is 6.42 Å². The SMILES string of the molecule is C#CCOC(=O)[C@H](Cc1cc(F)cc(F)c1)NC(=O)OCCCCCC(C)C. The van der Waals surface area contributed by atoms with Crippen molar-refractivity contribution in [2.24, 2.45) is 5.92 Å². The maximum atomic E-state index is 13.4. The van der Waals surface area contributed by atoms with Gasteiger partial charge in [0.1, 0.15) is 17.7 Å². The van der Waals surface area contributed by atoms with Crippen molar-refractivity contribution in [2.45, 2.75) is 52.0 Å². The van der Waals surface area contributed by atoms with Crippen molar-refractivity contribution < 1.29 is 27.8 Å². The zero-order valence-corrected chi connectivity index (χ0v) is 16.3. The van der Waals surface area contributed by atoms with Crippen molar-refractivity contribution in [1.29, 1.82) is 0 Å². The van der Waals surface area contributed by atoms with E-state index < -0.39 is 29.7 Å². The van der Waals surface area contributed by atoms with Gasteiger partial charge in [-0.2, -0.15) is 0 Å². The lowest BCUT2D eigenvalue weighted by molar-refractivity contribution is -0.144. The number of carbonyl (C=O) groups is 2. The van der Waals surface area contributed by atoms with Crippen molar-refractivity contribution in [3.63, 3.8) is 0 Å². The molecular weight excluding hydrogens is 368 g/mol. The Hall–Kier alpha value is -2.62. The van der Waals surface area contributed by atoms with Gasteiger partial charge in [-0.1, -0.05) is 39.0 Å². The summed E-state index contributed by atoms with van der Waals surface area (Å²) in [4.78, 5) is 24.1. The number of hydrogen-bond donors (Lipinski definition) is 1. The van der Waals surface area contributed by atoms with E-state index in [0.717, 1.165) is 37.5 Å². The molecule has 0 saturated carbocycles. The Balaban J connectivity index is 2.58. The second kappa shape index (κ2) is 12.7. The monoisotopic (exact) mass is 395 g/mol. The minimum absolute atomic E-state index is 0.165. The number of rotatable bonds is 11. The van der Waals surface area contributed by atoms with Crippen molar-refractivity contribution in [2.75, 3.05) is 13.2 Å². The van der Waals surface area contributed by atoms with Crippen molar-refractivity contribution in [3.8, 4) is 12.3 Å². The summed E-state index contributed by atoms with van der Waals surface area (Å²) >= 11 is 0. The second-order valence-corrected chi connectivity index (χ2v) is 6.87. The van der Waals surface area contributed by atoms with Crippen LogP contribution >= 0.6 is 0 Å². The minimum atomic E-state index is -1.18. The topological polar surface area (TPSA) is 64.6 Å². The molecule has 7 heteroatoms. The largest absolute Gasteiger partial charge is 0.451 e. The molecular formula is C21H27F2NO4. The Morgan fingerprint density at radius 3 is 2.39 bits per heavy atom. The predicted octanol–water partition coefficient (Wildman–Crippen LogP) is 3.99. The Morgan fingerprint density at radius 1 is 1.11 bits per heavy atom. The highest BCUT2D eigenvalue weighted by atomic mass is 19.1. The number of hydrogen-bond acceptors (Lipinski definition) is 4. The van der Waals surface area contributed by atoms with Gasteiger partial charge >= 0.3 is 12.1 Å². The summed E-state index contributed by atoms with van der Waals surface area (Å²) in [7, 11) is 0. The van der Waals surface area contributed by atoms with Crippen LogP contribution in [-0.4, -0.2) is 31.3 Å². The van der Waals surface area contributed by atoms with Crippen LogP contribution in [0.1, 0.15) is 45.1 Å². The number of alkyl carbamates (subject to hydrolysis) is 1. The smallest absolute Gasteiger partial charge is 0.407 e. The quantitative estimate of drug-likeness (QED) is 0.350. The molecule has 0 radical (unpaired) electrons. The third-order valence-electron chi connectivity index (χ3n) is 3.90. The molecule has 0 bridgehead atoms. The molecule has 0 aromatic heterocycles. The Kier molecular flexibility index (Phi) is 10.6. The molecule has 0 unspecified atom stereocenters. The number of ether oxygens (including phenoxy) is 2. The maximum absolute atomic E-state index is 13.4. The highest BCUT2D eigenvalue weighted by Gasteiger charge is 2.24. The van der Waals surface area contributed by atoms with Crippen LogP contribution in [0.25, 0.3) is 0 Å². The summed E-state index contributed by atoms with van der Waals surface area (Å²) in [6.45, 7) is 4.23. The lowest BCUT2D eigenvalue weighted by Gasteiger charge is -2.17. The van der Waals surface area contributed by atoms with Gasteiger partial charge in [0.05, 0.1) is 6.61 Å². The summed E-state index contributed by atoms with van der Waals surface area (Å²) in [5.41, 5.74) is 0.189. The van der Waals surface area contributed by atoms with Gasteiger partial charge in [-0.05, 0) is 30.0 Å². The molecule has 1 amide bonds. The number of terminal acetylenes is 1. The van der Waals surface area contributed by atoms with Crippen LogP contribution in [0.5, 0.6) is 0 Å². The molecule has 0 heterocycles. The number of unbranched alkanes of at least 4 members (excludes halogenated alkanes) is 2. The number of esters is 1. The van der Waals surface area contributed by atoms with Crippen LogP contribution in [0.2, 0.25) is 0 Å². The highest BCUT2D eigenvalue weighted by Crippen LogP contribution is 2.12. The van der Waals surface area contributed by atoms with Gasteiger partial charge in [0.2, 0.25) is 0 Å². The molecule has 1 atom stereocenters. The van der Waals surface area contributed by atoms with Gasteiger partial charge in [0.15, 0.2) is 6.61 Å². The summed E-state index contributed by atoms with van der Waals surface area (Å²) < 4.78 is 36.6. The Bertz CT molecular complexity index is 665. The molecule has 0 aliphatic heterocycles. The van der Waals surface area contributed by atoms with E-state index in [9.17, 15) is 18.4 Å². The second-order valence-electron chi connectivity index (χ2n) is 6.87. The van der Waals surface area contributed by atoms with E-state index in [2.05, 4.69) is 25.1 Å². The molecule has 0 fully saturated rings. The van der Waals surface area contributed by atoms with E-state index in [0.29, 0.717) is 12.3 Å². The first-order valence-corrected chi connectivity index (χ1v) is 9.30. The molecule has 0 spiro atoms. The van der Waals surface area contributed by atoms with E-state index >= 15 is 0 Å². The third-order valence-corrected chi connectivity index (χ3v) is 3.90. The molecule has 5 nitrogen and oxygen atoms in total.